The molecule has 122 valence electrons. The van der Waals surface area contributed by atoms with Crippen LogP contribution in [0.5, 0.6) is 0 Å². The molecule has 0 saturated carbocycles. The maximum Gasteiger partial charge on any atom is 0.318 e. The number of benzene rings is 1. The SMILES string of the molecule is CC(NC(=O)N(CCO)C1CCc2ccccc21)c1ccco1. The number of rotatable bonds is 5. The summed E-state index contributed by atoms with van der Waals surface area (Å²) in [7, 11) is 0. The summed E-state index contributed by atoms with van der Waals surface area (Å²) in [5, 5.41) is 12.3. The minimum atomic E-state index is -0.213. The molecule has 0 saturated heterocycles. The van der Waals surface area contributed by atoms with Crippen LogP contribution in [0.2, 0.25) is 0 Å². The molecule has 0 aliphatic heterocycles. The van der Waals surface area contributed by atoms with E-state index in [0.29, 0.717) is 12.3 Å². The van der Waals surface area contributed by atoms with Crippen molar-refractivity contribution >= 4 is 6.03 Å². The van der Waals surface area contributed by atoms with Crippen LogP contribution in [0, 0.1) is 0 Å². The van der Waals surface area contributed by atoms with E-state index in [0.717, 1.165) is 12.8 Å². The van der Waals surface area contributed by atoms with E-state index in [4.69, 9.17) is 4.42 Å². The number of fused-ring (bicyclic) bond motifs is 1. The molecule has 0 spiro atoms. The van der Waals surface area contributed by atoms with Crippen LogP contribution in [0.3, 0.4) is 0 Å². The number of aliphatic hydroxyl groups excluding tert-OH is 1. The first-order valence-corrected chi connectivity index (χ1v) is 8.00. The highest BCUT2D eigenvalue weighted by atomic mass is 16.3. The van der Waals surface area contributed by atoms with Gasteiger partial charge in [-0.2, -0.15) is 0 Å². The summed E-state index contributed by atoms with van der Waals surface area (Å²) in [5.41, 5.74) is 2.47. The van der Waals surface area contributed by atoms with Crippen molar-refractivity contribution in [1.29, 1.82) is 0 Å². The first kappa shape index (κ1) is 15.6. The number of carbonyl (C=O) groups excluding carboxylic acids is 1. The number of urea groups is 1. The van der Waals surface area contributed by atoms with Gasteiger partial charge < -0.3 is 19.7 Å². The molecule has 1 heterocycles. The van der Waals surface area contributed by atoms with Gasteiger partial charge in [-0.1, -0.05) is 24.3 Å². The molecule has 23 heavy (non-hydrogen) atoms. The lowest BCUT2D eigenvalue weighted by atomic mass is 10.1. The van der Waals surface area contributed by atoms with E-state index < -0.39 is 0 Å². The average molecular weight is 314 g/mol. The van der Waals surface area contributed by atoms with Gasteiger partial charge in [0.05, 0.1) is 25.0 Å². The van der Waals surface area contributed by atoms with Gasteiger partial charge in [-0.3, -0.25) is 0 Å². The zero-order valence-electron chi connectivity index (χ0n) is 13.2. The largest absolute Gasteiger partial charge is 0.467 e. The Morgan fingerprint density at radius 1 is 1.39 bits per heavy atom. The van der Waals surface area contributed by atoms with Crippen molar-refractivity contribution in [3.05, 3.63) is 59.5 Å². The number of hydrogen-bond acceptors (Lipinski definition) is 3. The molecular formula is C18H22N2O3. The van der Waals surface area contributed by atoms with Crippen molar-refractivity contribution in [2.45, 2.75) is 31.8 Å². The maximum atomic E-state index is 12.7. The number of nitrogens with one attached hydrogen (secondary N) is 1. The standard InChI is InChI=1S/C18H22N2O3/c1-13(17-7-4-12-23-17)19-18(22)20(10-11-21)16-9-8-14-5-2-3-6-15(14)16/h2-7,12-13,16,21H,8-11H2,1H3,(H,19,22). The van der Waals surface area contributed by atoms with Gasteiger partial charge >= 0.3 is 6.03 Å². The summed E-state index contributed by atoms with van der Waals surface area (Å²) in [4.78, 5) is 14.4. The zero-order valence-corrected chi connectivity index (χ0v) is 13.2. The van der Waals surface area contributed by atoms with Crippen LogP contribution in [0.1, 0.15) is 42.3 Å². The fourth-order valence-electron chi connectivity index (χ4n) is 3.24. The van der Waals surface area contributed by atoms with Crippen LogP contribution in [0.15, 0.2) is 47.1 Å². The number of carbonyl (C=O) groups is 1. The summed E-state index contributed by atoms with van der Waals surface area (Å²) in [6.07, 6.45) is 3.45. The quantitative estimate of drug-likeness (QED) is 0.891. The molecule has 3 rings (SSSR count). The second-order valence-electron chi connectivity index (χ2n) is 5.86. The van der Waals surface area contributed by atoms with Gasteiger partial charge in [0.2, 0.25) is 0 Å². The van der Waals surface area contributed by atoms with E-state index in [1.807, 2.05) is 25.1 Å². The summed E-state index contributed by atoms with van der Waals surface area (Å²) in [6.45, 7) is 2.15. The molecule has 1 aromatic carbocycles. The zero-order chi connectivity index (χ0) is 16.2. The molecule has 1 aliphatic carbocycles. The van der Waals surface area contributed by atoms with E-state index in [1.165, 1.54) is 11.1 Å². The van der Waals surface area contributed by atoms with Crippen molar-refractivity contribution in [2.75, 3.05) is 13.2 Å². The van der Waals surface area contributed by atoms with Gasteiger partial charge in [0.25, 0.3) is 0 Å². The summed E-state index contributed by atoms with van der Waals surface area (Å²) < 4.78 is 5.33. The number of aliphatic hydroxyl groups is 1. The molecule has 0 fully saturated rings. The Morgan fingerprint density at radius 3 is 2.96 bits per heavy atom. The van der Waals surface area contributed by atoms with Crippen molar-refractivity contribution in [3.63, 3.8) is 0 Å². The van der Waals surface area contributed by atoms with Crippen LogP contribution in [-0.4, -0.2) is 29.2 Å². The predicted octanol–water partition coefficient (Wildman–Crippen LogP) is 3.03. The number of amides is 2. The molecule has 5 heteroatoms. The number of furan rings is 1. The summed E-state index contributed by atoms with van der Waals surface area (Å²) in [5.74, 6) is 0.717. The van der Waals surface area contributed by atoms with Gasteiger partial charge in [0.1, 0.15) is 5.76 Å². The highest BCUT2D eigenvalue weighted by Gasteiger charge is 2.31. The molecule has 5 nitrogen and oxygen atoms in total. The lowest BCUT2D eigenvalue weighted by Crippen LogP contribution is -2.44. The fourth-order valence-corrected chi connectivity index (χ4v) is 3.24. The Bertz CT molecular complexity index is 654. The Morgan fingerprint density at radius 2 is 2.22 bits per heavy atom. The Balaban J connectivity index is 1.75. The summed E-state index contributed by atoms with van der Waals surface area (Å²) in [6, 6.07) is 11.5. The highest BCUT2D eigenvalue weighted by molar-refractivity contribution is 5.75. The highest BCUT2D eigenvalue weighted by Crippen LogP contribution is 2.35. The van der Waals surface area contributed by atoms with Gasteiger partial charge in [-0.25, -0.2) is 4.79 Å². The van der Waals surface area contributed by atoms with Crippen molar-refractivity contribution < 1.29 is 14.3 Å². The number of aryl methyl sites for hydroxylation is 1. The maximum absolute atomic E-state index is 12.7. The Kier molecular flexibility index (Phi) is 4.67. The molecule has 2 atom stereocenters. The second-order valence-corrected chi connectivity index (χ2v) is 5.86. The minimum absolute atomic E-state index is 0.0159. The number of nitrogens with zero attached hydrogens (tertiary/aromatic N) is 1. The third-order valence-corrected chi connectivity index (χ3v) is 4.39. The summed E-state index contributed by atoms with van der Waals surface area (Å²) >= 11 is 0. The van der Waals surface area contributed by atoms with Gasteiger partial charge in [0, 0.05) is 6.54 Å². The first-order chi connectivity index (χ1) is 11.2. The predicted molar refractivity (Wildman–Crippen MR) is 87.0 cm³/mol. The third-order valence-electron chi connectivity index (χ3n) is 4.39. The van der Waals surface area contributed by atoms with Crippen LogP contribution >= 0.6 is 0 Å². The topological polar surface area (TPSA) is 65.7 Å². The fraction of sp³-hybridized carbons (Fsp3) is 0.389. The van der Waals surface area contributed by atoms with E-state index in [9.17, 15) is 9.90 Å². The van der Waals surface area contributed by atoms with Crippen molar-refractivity contribution in [3.8, 4) is 0 Å². The second kappa shape index (κ2) is 6.87. The lowest BCUT2D eigenvalue weighted by Gasteiger charge is -2.30. The van der Waals surface area contributed by atoms with E-state index in [1.54, 1.807) is 17.2 Å². The Labute approximate surface area is 135 Å². The first-order valence-electron chi connectivity index (χ1n) is 8.00. The smallest absolute Gasteiger partial charge is 0.318 e. The van der Waals surface area contributed by atoms with Crippen LogP contribution < -0.4 is 5.32 Å². The Hall–Kier alpha value is -2.27. The molecule has 2 unspecified atom stereocenters. The molecule has 0 bridgehead atoms. The normalized spacial score (nSPS) is 17.6. The molecule has 2 aromatic rings. The molecule has 1 aromatic heterocycles. The molecule has 2 amide bonds. The van der Waals surface area contributed by atoms with Crippen molar-refractivity contribution in [1.82, 2.24) is 10.2 Å². The molecule has 0 radical (unpaired) electrons. The average Bonchev–Trinajstić information content (AvgIpc) is 3.22. The minimum Gasteiger partial charge on any atom is -0.467 e. The molecular weight excluding hydrogens is 292 g/mol. The van der Waals surface area contributed by atoms with Gasteiger partial charge in [-0.15, -0.1) is 0 Å². The van der Waals surface area contributed by atoms with E-state index in [2.05, 4.69) is 17.4 Å². The monoisotopic (exact) mass is 314 g/mol. The molecule has 1 aliphatic rings. The van der Waals surface area contributed by atoms with Crippen LogP contribution in [-0.2, 0) is 6.42 Å². The van der Waals surface area contributed by atoms with Crippen LogP contribution in [0.4, 0.5) is 4.79 Å². The van der Waals surface area contributed by atoms with Crippen molar-refractivity contribution in [2.24, 2.45) is 0 Å². The number of hydrogen-bond donors (Lipinski definition) is 2. The van der Waals surface area contributed by atoms with Gasteiger partial charge in [0.15, 0.2) is 0 Å². The molecule has 2 N–H and O–H groups in total. The van der Waals surface area contributed by atoms with E-state index in [-0.39, 0.29) is 24.7 Å². The lowest BCUT2D eigenvalue weighted by molar-refractivity contribution is 0.148. The van der Waals surface area contributed by atoms with Crippen LogP contribution in [0.25, 0.3) is 0 Å². The van der Waals surface area contributed by atoms with Gasteiger partial charge in [-0.05, 0) is 43.0 Å². The van der Waals surface area contributed by atoms with E-state index >= 15 is 0 Å². The third kappa shape index (κ3) is 3.24.